The third kappa shape index (κ3) is 5.65. The van der Waals surface area contributed by atoms with Crippen LogP contribution in [0.3, 0.4) is 0 Å². The van der Waals surface area contributed by atoms with E-state index in [0.717, 1.165) is 0 Å². The Bertz CT molecular complexity index is 341. The van der Waals surface area contributed by atoms with Crippen LogP contribution >= 0.6 is 12.4 Å². The van der Waals surface area contributed by atoms with Crippen LogP contribution in [0.2, 0.25) is 0 Å². The number of nitrogens with zero attached hydrogens (tertiary/aromatic N) is 2. The highest BCUT2D eigenvalue weighted by Gasteiger charge is 2.10. The number of carbonyl (C=O) groups is 1. The number of amides is 1. The molecule has 0 radical (unpaired) electrons. The summed E-state index contributed by atoms with van der Waals surface area (Å²) in [5, 5.41) is 6.50. The van der Waals surface area contributed by atoms with E-state index in [1.165, 1.54) is 0 Å². The quantitative estimate of drug-likeness (QED) is 0.784. The maximum atomic E-state index is 11.3. The molecule has 1 heterocycles. The van der Waals surface area contributed by atoms with Crippen molar-refractivity contribution in [2.45, 2.75) is 32.6 Å². The van der Waals surface area contributed by atoms with Crippen molar-refractivity contribution in [1.29, 1.82) is 0 Å². The second-order valence-corrected chi connectivity index (χ2v) is 3.84. The topological polar surface area (TPSA) is 94.0 Å². The molecule has 0 unspecified atom stereocenters. The normalized spacial score (nSPS) is 10.1. The number of hydrogen-bond donors (Lipinski definition) is 2. The average Bonchev–Trinajstić information content (AvgIpc) is 2.72. The Morgan fingerprint density at radius 2 is 2.24 bits per heavy atom. The van der Waals surface area contributed by atoms with E-state index in [4.69, 9.17) is 10.3 Å². The van der Waals surface area contributed by atoms with Gasteiger partial charge in [0, 0.05) is 31.8 Å². The van der Waals surface area contributed by atoms with Gasteiger partial charge in [0.15, 0.2) is 5.82 Å². The standard InChI is InChI=1S/C10H18N4O2.ClH/c1-7(2)10-13-9(16-14-10)4-3-8(15)12-6-5-11;/h7H,3-6,11H2,1-2H3,(H,12,15);1H. The van der Waals surface area contributed by atoms with Gasteiger partial charge in [-0.2, -0.15) is 4.98 Å². The van der Waals surface area contributed by atoms with Crippen LogP contribution in [0.1, 0.15) is 37.9 Å². The number of halogens is 1. The summed E-state index contributed by atoms with van der Waals surface area (Å²) in [4.78, 5) is 15.4. The fourth-order valence-electron chi connectivity index (χ4n) is 1.12. The van der Waals surface area contributed by atoms with Crippen LogP contribution in [0.4, 0.5) is 0 Å². The summed E-state index contributed by atoms with van der Waals surface area (Å²) in [7, 11) is 0. The molecule has 0 aliphatic rings. The SMILES string of the molecule is CC(C)c1noc(CCC(=O)NCCN)n1.Cl. The molecular formula is C10H19ClN4O2. The highest BCUT2D eigenvalue weighted by molar-refractivity contribution is 5.85. The molecule has 0 saturated heterocycles. The number of aromatic nitrogens is 2. The molecule has 0 atom stereocenters. The molecule has 7 heteroatoms. The van der Waals surface area contributed by atoms with Crippen LogP contribution in [0.5, 0.6) is 0 Å². The lowest BCUT2D eigenvalue weighted by molar-refractivity contribution is -0.121. The number of nitrogens with two attached hydrogens (primary N) is 1. The predicted octanol–water partition coefficient (Wildman–Crippen LogP) is 0.622. The highest BCUT2D eigenvalue weighted by atomic mass is 35.5. The molecule has 0 bridgehead atoms. The average molecular weight is 263 g/mol. The molecule has 1 aromatic rings. The molecule has 0 spiro atoms. The molecule has 0 aromatic carbocycles. The molecule has 0 fully saturated rings. The van der Waals surface area contributed by atoms with Crippen molar-refractivity contribution in [2.24, 2.45) is 5.73 Å². The minimum atomic E-state index is -0.0465. The van der Waals surface area contributed by atoms with Crippen LogP contribution in [-0.4, -0.2) is 29.1 Å². The molecule has 3 N–H and O–H groups in total. The number of carbonyl (C=O) groups excluding carboxylic acids is 1. The summed E-state index contributed by atoms with van der Waals surface area (Å²) < 4.78 is 5.02. The van der Waals surface area contributed by atoms with Gasteiger partial charge in [-0.3, -0.25) is 4.79 Å². The van der Waals surface area contributed by atoms with E-state index >= 15 is 0 Å². The Hall–Kier alpha value is -1.14. The predicted molar refractivity (Wildman–Crippen MR) is 66.0 cm³/mol. The lowest BCUT2D eigenvalue weighted by atomic mass is 10.2. The monoisotopic (exact) mass is 262 g/mol. The summed E-state index contributed by atoms with van der Waals surface area (Å²) in [6.07, 6.45) is 0.815. The lowest BCUT2D eigenvalue weighted by Gasteiger charge is -2.00. The van der Waals surface area contributed by atoms with Gasteiger partial charge in [-0.25, -0.2) is 0 Å². The Morgan fingerprint density at radius 3 is 2.76 bits per heavy atom. The van der Waals surface area contributed by atoms with Gasteiger partial charge in [-0.15, -0.1) is 12.4 Å². The maximum Gasteiger partial charge on any atom is 0.227 e. The van der Waals surface area contributed by atoms with Gasteiger partial charge >= 0.3 is 0 Å². The molecule has 1 amide bonds. The van der Waals surface area contributed by atoms with Gasteiger partial charge in [-0.1, -0.05) is 19.0 Å². The third-order valence-corrected chi connectivity index (χ3v) is 2.03. The van der Waals surface area contributed by atoms with Gasteiger partial charge in [0.05, 0.1) is 0 Å². The van der Waals surface area contributed by atoms with Crippen molar-refractivity contribution >= 4 is 18.3 Å². The van der Waals surface area contributed by atoms with Gasteiger partial charge in [0.1, 0.15) is 0 Å². The van der Waals surface area contributed by atoms with E-state index in [2.05, 4.69) is 15.5 Å². The van der Waals surface area contributed by atoms with Crippen molar-refractivity contribution in [1.82, 2.24) is 15.5 Å². The first kappa shape index (κ1) is 15.9. The molecule has 17 heavy (non-hydrogen) atoms. The maximum absolute atomic E-state index is 11.3. The van der Waals surface area contributed by atoms with Gasteiger partial charge < -0.3 is 15.6 Å². The van der Waals surface area contributed by atoms with Gasteiger partial charge in [-0.05, 0) is 0 Å². The summed E-state index contributed by atoms with van der Waals surface area (Å²) in [5.74, 6) is 1.38. The zero-order valence-electron chi connectivity index (χ0n) is 10.1. The summed E-state index contributed by atoms with van der Waals surface area (Å²) in [6, 6.07) is 0. The first-order valence-corrected chi connectivity index (χ1v) is 5.42. The third-order valence-electron chi connectivity index (χ3n) is 2.03. The van der Waals surface area contributed by atoms with E-state index in [0.29, 0.717) is 37.6 Å². The summed E-state index contributed by atoms with van der Waals surface area (Å²) >= 11 is 0. The smallest absolute Gasteiger partial charge is 0.227 e. The molecule has 1 aromatic heterocycles. The fraction of sp³-hybridized carbons (Fsp3) is 0.700. The Balaban J connectivity index is 0.00000256. The largest absolute Gasteiger partial charge is 0.355 e. The van der Waals surface area contributed by atoms with E-state index in [1.807, 2.05) is 13.8 Å². The van der Waals surface area contributed by atoms with Crippen molar-refractivity contribution in [3.05, 3.63) is 11.7 Å². The zero-order chi connectivity index (χ0) is 12.0. The van der Waals surface area contributed by atoms with E-state index in [9.17, 15) is 4.79 Å². The van der Waals surface area contributed by atoms with E-state index in [1.54, 1.807) is 0 Å². The van der Waals surface area contributed by atoms with Crippen molar-refractivity contribution in [3.63, 3.8) is 0 Å². The molecule has 6 nitrogen and oxygen atoms in total. The van der Waals surface area contributed by atoms with Gasteiger partial charge in [0.25, 0.3) is 0 Å². The number of rotatable bonds is 6. The first-order valence-electron chi connectivity index (χ1n) is 5.42. The zero-order valence-corrected chi connectivity index (χ0v) is 10.9. The molecule has 1 rings (SSSR count). The van der Waals surface area contributed by atoms with E-state index in [-0.39, 0.29) is 24.2 Å². The Labute approximate surface area is 107 Å². The number of nitrogens with one attached hydrogen (secondary N) is 1. The van der Waals surface area contributed by atoms with Crippen molar-refractivity contribution in [2.75, 3.05) is 13.1 Å². The van der Waals surface area contributed by atoms with Crippen LogP contribution < -0.4 is 11.1 Å². The minimum Gasteiger partial charge on any atom is -0.355 e. The van der Waals surface area contributed by atoms with Crippen LogP contribution in [-0.2, 0) is 11.2 Å². The molecule has 98 valence electrons. The Morgan fingerprint density at radius 1 is 1.53 bits per heavy atom. The Kier molecular flexibility index (Phi) is 7.49. The second kappa shape index (κ2) is 8.03. The highest BCUT2D eigenvalue weighted by Crippen LogP contribution is 2.10. The van der Waals surface area contributed by atoms with Gasteiger partial charge in [0.2, 0.25) is 11.8 Å². The molecule has 0 aliphatic carbocycles. The summed E-state index contributed by atoms with van der Waals surface area (Å²) in [5.41, 5.74) is 5.27. The van der Waals surface area contributed by atoms with Crippen molar-refractivity contribution in [3.8, 4) is 0 Å². The minimum absolute atomic E-state index is 0. The van der Waals surface area contributed by atoms with Crippen molar-refractivity contribution < 1.29 is 9.32 Å². The van der Waals surface area contributed by atoms with E-state index < -0.39 is 0 Å². The second-order valence-electron chi connectivity index (χ2n) is 3.84. The molecular weight excluding hydrogens is 244 g/mol. The number of aryl methyl sites for hydroxylation is 1. The number of hydrogen-bond acceptors (Lipinski definition) is 5. The van der Waals surface area contributed by atoms with Crippen LogP contribution in [0.25, 0.3) is 0 Å². The molecule has 0 aliphatic heterocycles. The first-order chi connectivity index (χ1) is 7.63. The van der Waals surface area contributed by atoms with Crippen LogP contribution in [0, 0.1) is 0 Å². The lowest BCUT2D eigenvalue weighted by Crippen LogP contribution is -2.29. The molecule has 0 saturated carbocycles. The van der Waals surface area contributed by atoms with Crippen LogP contribution in [0.15, 0.2) is 4.52 Å². The summed E-state index contributed by atoms with van der Waals surface area (Å²) in [6.45, 7) is 4.93. The fourth-order valence-corrected chi connectivity index (χ4v) is 1.12.